The smallest absolute Gasteiger partial charge is 0.338 e. The molecule has 0 bridgehead atoms. The molecule has 19 heavy (non-hydrogen) atoms. The van der Waals surface area contributed by atoms with E-state index in [-0.39, 0.29) is 18.4 Å². The number of carbonyl (C=O) groups is 1. The Hall–Kier alpha value is -0.580. The lowest BCUT2D eigenvalue weighted by molar-refractivity contribution is 0.0452. The number of esters is 1. The number of carbonyl (C=O) groups excluding carboxylic acids is 1. The lowest BCUT2D eigenvalue weighted by atomic mass is 10.1. The van der Waals surface area contributed by atoms with Gasteiger partial charge in [-0.3, -0.25) is 4.90 Å². The van der Waals surface area contributed by atoms with Gasteiger partial charge < -0.3 is 4.74 Å². The molecule has 0 aliphatic carbocycles. The molecule has 0 radical (unpaired) electrons. The fourth-order valence-corrected chi connectivity index (χ4v) is 2.38. The second-order valence-electron chi connectivity index (χ2n) is 4.55. The molecule has 5 heteroatoms. The number of halogens is 2. The molecular weight excluding hydrogens is 330 g/mol. The topological polar surface area (TPSA) is 29.5 Å². The van der Waals surface area contributed by atoms with Crippen LogP contribution in [0.25, 0.3) is 0 Å². The quantitative estimate of drug-likeness (QED) is 0.780. The maximum Gasteiger partial charge on any atom is 0.338 e. The van der Waals surface area contributed by atoms with Crippen molar-refractivity contribution >= 4 is 34.3 Å². The van der Waals surface area contributed by atoms with E-state index in [1.807, 2.05) is 12.1 Å². The molecule has 0 aromatic heterocycles. The Bertz CT molecular complexity index is 391. The van der Waals surface area contributed by atoms with Crippen LogP contribution in [0.2, 0.25) is 0 Å². The molecule has 2 rings (SSSR count). The first-order valence-corrected chi connectivity index (χ1v) is 7.20. The average Bonchev–Trinajstić information content (AvgIpc) is 2.40. The first kappa shape index (κ1) is 16.5. The van der Waals surface area contributed by atoms with Gasteiger partial charge in [0.2, 0.25) is 0 Å². The van der Waals surface area contributed by atoms with Crippen LogP contribution < -0.4 is 0 Å². The minimum atomic E-state index is -0.237. The summed E-state index contributed by atoms with van der Waals surface area (Å²) in [5.41, 5.74) is 0.608. The summed E-state index contributed by atoms with van der Waals surface area (Å²) in [4.78, 5) is 14.1. The molecule has 1 saturated heterocycles. The van der Waals surface area contributed by atoms with E-state index in [1.54, 1.807) is 12.1 Å². The molecule has 0 spiro atoms. The fourth-order valence-electron chi connectivity index (χ4n) is 2.12. The second-order valence-corrected chi connectivity index (χ2v) is 5.46. The van der Waals surface area contributed by atoms with E-state index in [0.29, 0.717) is 12.2 Å². The van der Waals surface area contributed by atoms with E-state index in [9.17, 15) is 4.79 Å². The van der Waals surface area contributed by atoms with Crippen molar-refractivity contribution in [1.29, 1.82) is 0 Å². The van der Waals surface area contributed by atoms with Gasteiger partial charge in [-0.2, -0.15) is 0 Å². The van der Waals surface area contributed by atoms with Crippen LogP contribution in [-0.4, -0.2) is 37.1 Å². The number of likely N-dealkylation sites (tertiary alicyclic amines) is 1. The van der Waals surface area contributed by atoms with Crippen molar-refractivity contribution in [3.8, 4) is 0 Å². The summed E-state index contributed by atoms with van der Waals surface area (Å²) in [7, 11) is 0. The summed E-state index contributed by atoms with van der Waals surface area (Å²) in [5.74, 6) is -0.237. The normalized spacial score (nSPS) is 15.6. The van der Waals surface area contributed by atoms with Crippen molar-refractivity contribution in [1.82, 2.24) is 4.90 Å². The molecule has 1 aliphatic rings. The molecule has 1 aliphatic heterocycles. The standard InChI is InChI=1S/C14H18BrNO2.ClH/c15-13-6-4-12(5-7-13)14(17)18-11-10-16-8-2-1-3-9-16;/h4-7H,1-3,8-11H2;1H. The predicted octanol–water partition coefficient (Wildman–Crippen LogP) is 3.51. The van der Waals surface area contributed by atoms with Gasteiger partial charge in [0, 0.05) is 11.0 Å². The highest BCUT2D eigenvalue weighted by molar-refractivity contribution is 9.10. The van der Waals surface area contributed by atoms with Gasteiger partial charge in [0.25, 0.3) is 0 Å². The van der Waals surface area contributed by atoms with E-state index < -0.39 is 0 Å². The van der Waals surface area contributed by atoms with Crippen molar-refractivity contribution in [2.45, 2.75) is 19.3 Å². The average molecular weight is 349 g/mol. The van der Waals surface area contributed by atoms with Gasteiger partial charge in [0.15, 0.2) is 0 Å². The van der Waals surface area contributed by atoms with Gasteiger partial charge in [-0.25, -0.2) is 4.79 Å². The van der Waals surface area contributed by atoms with Crippen LogP contribution in [-0.2, 0) is 4.74 Å². The molecule has 1 heterocycles. The second kappa shape index (κ2) is 8.56. The molecule has 0 N–H and O–H groups in total. The number of benzene rings is 1. The first-order chi connectivity index (χ1) is 8.75. The molecular formula is C14H19BrClNO2. The molecule has 1 aromatic carbocycles. The number of piperidine rings is 1. The van der Waals surface area contributed by atoms with Gasteiger partial charge in [0.1, 0.15) is 6.61 Å². The monoisotopic (exact) mass is 347 g/mol. The Morgan fingerprint density at radius 2 is 1.79 bits per heavy atom. The van der Waals surface area contributed by atoms with Gasteiger partial charge in [-0.1, -0.05) is 22.4 Å². The molecule has 0 amide bonds. The van der Waals surface area contributed by atoms with Crippen molar-refractivity contribution < 1.29 is 9.53 Å². The predicted molar refractivity (Wildman–Crippen MR) is 82.0 cm³/mol. The van der Waals surface area contributed by atoms with Crippen LogP contribution in [0.3, 0.4) is 0 Å². The lowest BCUT2D eigenvalue weighted by Crippen LogP contribution is -2.33. The molecule has 1 fully saturated rings. The van der Waals surface area contributed by atoms with Crippen molar-refractivity contribution in [3.05, 3.63) is 34.3 Å². The molecule has 3 nitrogen and oxygen atoms in total. The van der Waals surface area contributed by atoms with E-state index in [2.05, 4.69) is 20.8 Å². The molecule has 106 valence electrons. The van der Waals surface area contributed by atoms with Crippen molar-refractivity contribution in [2.75, 3.05) is 26.2 Å². The number of hydrogen-bond acceptors (Lipinski definition) is 3. The highest BCUT2D eigenvalue weighted by atomic mass is 79.9. The Balaban J connectivity index is 0.00000180. The van der Waals surface area contributed by atoms with E-state index in [1.165, 1.54) is 19.3 Å². The third-order valence-corrected chi connectivity index (χ3v) is 3.70. The molecule has 0 atom stereocenters. The molecule has 0 unspecified atom stereocenters. The Labute approximate surface area is 128 Å². The van der Waals surface area contributed by atoms with Crippen LogP contribution in [0.4, 0.5) is 0 Å². The fraction of sp³-hybridized carbons (Fsp3) is 0.500. The summed E-state index contributed by atoms with van der Waals surface area (Å²) in [6.07, 6.45) is 3.86. The van der Waals surface area contributed by atoms with Gasteiger partial charge >= 0.3 is 5.97 Å². The SMILES string of the molecule is Cl.O=C(OCCN1CCCCC1)c1ccc(Br)cc1. The zero-order chi connectivity index (χ0) is 12.8. The van der Waals surface area contributed by atoms with Gasteiger partial charge in [0.05, 0.1) is 5.56 Å². The van der Waals surface area contributed by atoms with E-state index >= 15 is 0 Å². The summed E-state index contributed by atoms with van der Waals surface area (Å²) >= 11 is 3.34. The maximum absolute atomic E-state index is 11.7. The van der Waals surface area contributed by atoms with Crippen molar-refractivity contribution in [2.24, 2.45) is 0 Å². The van der Waals surface area contributed by atoms with Crippen LogP contribution >= 0.6 is 28.3 Å². The highest BCUT2D eigenvalue weighted by Gasteiger charge is 2.11. The minimum Gasteiger partial charge on any atom is -0.461 e. The highest BCUT2D eigenvalue weighted by Crippen LogP contribution is 2.12. The third kappa shape index (κ3) is 5.51. The largest absolute Gasteiger partial charge is 0.461 e. The Morgan fingerprint density at radius 3 is 2.42 bits per heavy atom. The first-order valence-electron chi connectivity index (χ1n) is 6.41. The summed E-state index contributed by atoms with van der Waals surface area (Å²) in [6.45, 7) is 3.60. The van der Waals surface area contributed by atoms with E-state index in [0.717, 1.165) is 24.1 Å². The third-order valence-electron chi connectivity index (χ3n) is 3.17. The minimum absolute atomic E-state index is 0. The number of ether oxygens (including phenoxy) is 1. The maximum atomic E-state index is 11.7. The summed E-state index contributed by atoms with van der Waals surface area (Å²) < 4.78 is 6.24. The van der Waals surface area contributed by atoms with Gasteiger partial charge in [-0.15, -0.1) is 12.4 Å². The molecule has 1 aromatic rings. The summed E-state index contributed by atoms with van der Waals surface area (Å²) in [5, 5.41) is 0. The van der Waals surface area contributed by atoms with Crippen LogP contribution in [0.1, 0.15) is 29.6 Å². The Morgan fingerprint density at radius 1 is 1.16 bits per heavy atom. The van der Waals surface area contributed by atoms with Crippen LogP contribution in [0.5, 0.6) is 0 Å². The lowest BCUT2D eigenvalue weighted by Gasteiger charge is -2.25. The van der Waals surface area contributed by atoms with Crippen LogP contribution in [0.15, 0.2) is 28.7 Å². The van der Waals surface area contributed by atoms with E-state index in [4.69, 9.17) is 4.74 Å². The molecule has 0 saturated carbocycles. The summed E-state index contributed by atoms with van der Waals surface area (Å²) in [6, 6.07) is 7.24. The zero-order valence-corrected chi connectivity index (χ0v) is 13.2. The zero-order valence-electron chi connectivity index (χ0n) is 10.8. The van der Waals surface area contributed by atoms with Crippen molar-refractivity contribution in [3.63, 3.8) is 0 Å². The number of rotatable bonds is 4. The van der Waals surface area contributed by atoms with Crippen LogP contribution in [0, 0.1) is 0 Å². The van der Waals surface area contributed by atoms with Gasteiger partial charge in [-0.05, 0) is 50.2 Å². The Kier molecular flexibility index (Phi) is 7.42. The number of hydrogen-bond donors (Lipinski definition) is 0. The number of nitrogens with zero attached hydrogens (tertiary/aromatic N) is 1.